The molecule has 1 amide bonds. The molecule has 0 aliphatic heterocycles. The van der Waals surface area contributed by atoms with Gasteiger partial charge in [0, 0.05) is 12.1 Å². The standard InChI is InChI=1S/C15H23N3O2/c1-5-6-18(9-13(16)17-20)15(19)14-11(3)7-10(2)8-12(14)4/h7-8,20H,5-6,9H2,1-4H3,(H2,16,17). The quantitative estimate of drug-likeness (QED) is 0.375. The molecule has 0 aromatic heterocycles. The fourth-order valence-electron chi connectivity index (χ4n) is 2.42. The van der Waals surface area contributed by atoms with Crippen molar-refractivity contribution in [2.45, 2.75) is 34.1 Å². The maximum absolute atomic E-state index is 12.7. The van der Waals surface area contributed by atoms with Gasteiger partial charge in [0.05, 0.1) is 6.54 Å². The van der Waals surface area contributed by atoms with Gasteiger partial charge in [-0.05, 0) is 38.3 Å². The lowest BCUT2D eigenvalue weighted by Gasteiger charge is -2.23. The van der Waals surface area contributed by atoms with E-state index in [1.165, 1.54) is 0 Å². The molecule has 0 heterocycles. The van der Waals surface area contributed by atoms with Crippen molar-refractivity contribution in [2.75, 3.05) is 13.1 Å². The third-order valence-electron chi connectivity index (χ3n) is 3.15. The topological polar surface area (TPSA) is 78.9 Å². The van der Waals surface area contributed by atoms with Crippen molar-refractivity contribution < 1.29 is 10.0 Å². The molecule has 1 aromatic rings. The second-order valence-corrected chi connectivity index (χ2v) is 5.09. The first-order chi connectivity index (χ1) is 9.40. The summed E-state index contributed by atoms with van der Waals surface area (Å²) in [5.41, 5.74) is 9.27. The number of nitrogens with zero attached hydrogens (tertiary/aromatic N) is 2. The predicted molar refractivity (Wildman–Crippen MR) is 80.3 cm³/mol. The SMILES string of the molecule is CCCN(CC(N)=NO)C(=O)c1c(C)cc(C)cc1C. The van der Waals surface area contributed by atoms with E-state index in [-0.39, 0.29) is 18.3 Å². The summed E-state index contributed by atoms with van der Waals surface area (Å²) in [7, 11) is 0. The molecule has 0 saturated carbocycles. The summed E-state index contributed by atoms with van der Waals surface area (Å²) < 4.78 is 0. The average molecular weight is 277 g/mol. The lowest BCUT2D eigenvalue weighted by Crippen LogP contribution is -2.39. The molecule has 110 valence electrons. The summed E-state index contributed by atoms with van der Waals surface area (Å²) in [4.78, 5) is 14.3. The summed E-state index contributed by atoms with van der Waals surface area (Å²) in [5.74, 6) is -0.0392. The van der Waals surface area contributed by atoms with E-state index in [0.717, 1.165) is 23.1 Å². The molecule has 5 nitrogen and oxygen atoms in total. The van der Waals surface area contributed by atoms with Crippen LogP contribution in [0, 0.1) is 20.8 Å². The molecule has 0 unspecified atom stereocenters. The molecule has 5 heteroatoms. The molecule has 3 N–H and O–H groups in total. The van der Waals surface area contributed by atoms with Crippen LogP contribution in [0.3, 0.4) is 0 Å². The number of carbonyl (C=O) groups excluding carboxylic acids is 1. The van der Waals surface area contributed by atoms with Gasteiger partial charge in [-0.15, -0.1) is 0 Å². The van der Waals surface area contributed by atoms with Crippen LogP contribution in [0.2, 0.25) is 0 Å². The number of rotatable bonds is 5. The monoisotopic (exact) mass is 277 g/mol. The van der Waals surface area contributed by atoms with Crippen molar-refractivity contribution >= 4 is 11.7 Å². The minimum absolute atomic E-state index is 0.0363. The second kappa shape index (κ2) is 6.93. The van der Waals surface area contributed by atoms with Gasteiger partial charge in [0.1, 0.15) is 0 Å². The van der Waals surface area contributed by atoms with Gasteiger partial charge in [-0.25, -0.2) is 0 Å². The molecule has 1 aromatic carbocycles. The molecule has 0 aliphatic carbocycles. The molecule has 0 fully saturated rings. The van der Waals surface area contributed by atoms with Crippen LogP contribution < -0.4 is 5.73 Å². The van der Waals surface area contributed by atoms with Crippen molar-refractivity contribution in [1.82, 2.24) is 4.90 Å². The highest BCUT2D eigenvalue weighted by Gasteiger charge is 2.20. The fraction of sp³-hybridized carbons (Fsp3) is 0.467. The van der Waals surface area contributed by atoms with Gasteiger partial charge in [0.25, 0.3) is 5.91 Å². The van der Waals surface area contributed by atoms with Crippen molar-refractivity contribution in [3.8, 4) is 0 Å². The zero-order valence-corrected chi connectivity index (χ0v) is 12.6. The van der Waals surface area contributed by atoms with Crippen LogP contribution in [-0.2, 0) is 0 Å². The van der Waals surface area contributed by atoms with E-state index in [9.17, 15) is 4.79 Å². The molecule has 0 spiro atoms. The van der Waals surface area contributed by atoms with Gasteiger partial charge in [0.15, 0.2) is 5.84 Å². The third-order valence-corrected chi connectivity index (χ3v) is 3.15. The summed E-state index contributed by atoms with van der Waals surface area (Å²) in [6, 6.07) is 3.99. The van der Waals surface area contributed by atoms with Crippen LogP contribution in [0.15, 0.2) is 17.3 Å². The Kier molecular flexibility index (Phi) is 5.55. The Morgan fingerprint density at radius 3 is 2.30 bits per heavy atom. The van der Waals surface area contributed by atoms with Crippen LogP contribution in [0.4, 0.5) is 0 Å². The van der Waals surface area contributed by atoms with Crippen molar-refractivity contribution in [3.63, 3.8) is 0 Å². The van der Waals surface area contributed by atoms with Crippen molar-refractivity contribution in [1.29, 1.82) is 0 Å². The number of amidine groups is 1. The first kappa shape index (κ1) is 16.0. The smallest absolute Gasteiger partial charge is 0.254 e. The van der Waals surface area contributed by atoms with E-state index in [2.05, 4.69) is 5.16 Å². The molecule has 0 atom stereocenters. The van der Waals surface area contributed by atoms with Crippen LogP contribution in [0.5, 0.6) is 0 Å². The summed E-state index contributed by atoms with van der Waals surface area (Å²) in [6.45, 7) is 8.56. The lowest BCUT2D eigenvalue weighted by atomic mass is 9.98. The van der Waals surface area contributed by atoms with E-state index in [4.69, 9.17) is 10.9 Å². The van der Waals surface area contributed by atoms with Gasteiger partial charge in [-0.3, -0.25) is 4.79 Å². The Hall–Kier alpha value is -2.04. The number of amides is 1. The van der Waals surface area contributed by atoms with Crippen LogP contribution >= 0.6 is 0 Å². The third kappa shape index (κ3) is 3.73. The van der Waals surface area contributed by atoms with Crippen molar-refractivity contribution in [3.05, 3.63) is 34.4 Å². The maximum atomic E-state index is 12.7. The Balaban J connectivity index is 3.12. The number of nitrogens with two attached hydrogens (primary N) is 1. The number of benzene rings is 1. The molecule has 1 rings (SSSR count). The minimum atomic E-state index is -0.0755. The Morgan fingerprint density at radius 1 is 1.30 bits per heavy atom. The van der Waals surface area contributed by atoms with Gasteiger partial charge in [-0.1, -0.05) is 29.8 Å². The number of hydrogen-bond acceptors (Lipinski definition) is 3. The molecule has 20 heavy (non-hydrogen) atoms. The highest BCUT2D eigenvalue weighted by molar-refractivity contribution is 5.99. The summed E-state index contributed by atoms with van der Waals surface area (Å²) >= 11 is 0. The molecular weight excluding hydrogens is 254 g/mol. The summed E-state index contributed by atoms with van der Waals surface area (Å²) in [6.07, 6.45) is 0.814. The molecule has 0 radical (unpaired) electrons. The normalized spacial score (nSPS) is 11.5. The number of carbonyl (C=O) groups is 1. The number of hydrogen-bond donors (Lipinski definition) is 2. The highest BCUT2D eigenvalue weighted by Crippen LogP contribution is 2.18. The van der Waals surface area contributed by atoms with E-state index in [1.807, 2.05) is 39.8 Å². The van der Waals surface area contributed by atoms with E-state index in [0.29, 0.717) is 12.1 Å². The van der Waals surface area contributed by atoms with Crippen molar-refractivity contribution in [2.24, 2.45) is 10.9 Å². The first-order valence-electron chi connectivity index (χ1n) is 6.74. The van der Waals surface area contributed by atoms with Gasteiger partial charge in [0.2, 0.25) is 0 Å². The zero-order valence-electron chi connectivity index (χ0n) is 12.6. The van der Waals surface area contributed by atoms with E-state index >= 15 is 0 Å². The van der Waals surface area contributed by atoms with Gasteiger partial charge < -0.3 is 15.8 Å². The number of aryl methyl sites for hydroxylation is 3. The van der Waals surface area contributed by atoms with Gasteiger partial charge in [-0.2, -0.15) is 0 Å². The Morgan fingerprint density at radius 2 is 1.85 bits per heavy atom. The van der Waals surface area contributed by atoms with Crippen LogP contribution in [0.1, 0.15) is 40.4 Å². The second-order valence-electron chi connectivity index (χ2n) is 5.09. The predicted octanol–water partition coefficient (Wildman–Crippen LogP) is 2.21. The van der Waals surface area contributed by atoms with E-state index in [1.54, 1.807) is 4.90 Å². The summed E-state index contributed by atoms with van der Waals surface area (Å²) in [5, 5.41) is 11.6. The Labute approximate surface area is 120 Å². The maximum Gasteiger partial charge on any atom is 0.254 e. The molecule has 0 bridgehead atoms. The largest absolute Gasteiger partial charge is 0.409 e. The van der Waals surface area contributed by atoms with Crippen LogP contribution in [-0.4, -0.2) is 34.9 Å². The van der Waals surface area contributed by atoms with Crippen LogP contribution in [0.25, 0.3) is 0 Å². The van der Waals surface area contributed by atoms with Gasteiger partial charge >= 0.3 is 0 Å². The lowest BCUT2D eigenvalue weighted by molar-refractivity contribution is 0.0777. The zero-order chi connectivity index (χ0) is 15.3. The Bertz CT molecular complexity index is 501. The fourth-order valence-corrected chi connectivity index (χ4v) is 2.42. The molecular formula is C15H23N3O2. The first-order valence-corrected chi connectivity index (χ1v) is 6.74. The highest BCUT2D eigenvalue weighted by atomic mass is 16.4. The van der Waals surface area contributed by atoms with E-state index < -0.39 is 0 Å². The average Bonchev–Trinajstić information content (AvgIpc) is 2.36. The molecule has 0 saturated heterocycles. The minimum Gasteiger partial charge on any atom is -0.409 e. The number of oxime groups is 1. The molecule has 0 aliphatic rings.